The largest absolute Gasteiger partial charge is 0.324 e. The number of rotatable bonds is 4. The van der Waals surface area contributed by atoms with Crippen LogP contribution in [0.25, 0.3) is 10.9 Å². The van der Waals surface area contributed by atoms with Crippen molar-refractivity contribution in [1.29, 1.82) is 0 Å². The number of amides is 1. The van der Waals surface area contributed by atoms with Gasteiger partial charge >= 0.3 is 0 Å². The first kappa shape index (κ1) is 14.1. The Balaban J connectivity index is 1.85. The second-order valence-corrected chi connectivity index (χ2v) is 5.90. The van der Waals surface area contributed by atoms with Crippen molar-refractivity contribution in [3.8, 4) is 0 Å². The van der Waals surface area contributed by atoms with Gasteiger partial charge in [-0.2, -0.15) is 5.10 Å². The van der Waals surface area contributed by atoms with Gasteiger partial charge in [-0.1, -0.05) is 25.5 Å². The molecular formula is C16H22N4O. The zero-order chi connectivity index (χ0) is 14.7. The van der Waals surface area contributed by atoms with Crippen LogP contribution in [0.15, 0.2) is 24.4 Å². The van der Waals surface area contributed by atoms with Gasteiger partial charge in [-0.15, -0.1) is 0 Å². The zero-order valence-electron chi connectivity index (χ0n) is 12.4. The van der Waals surface area contributed by atoms with Crippen molar-refractivity contribution in [2.45, 2.75) is 32.6 Å². The summed E-state index contributed by atoms with van der Waals surface area (Å²) in [7, 11) is 0. The average Bonchev–Trinajstić information content (AvgIpc) is 2.98. The molecule has 1 unspecified atom stereocenters. The molecule has 0 bridgehead atoms. The molecule has 2 heterocycles. The molecule has 2 aromatic rings. The summed E-state index contributed by atoms with van der Waals surface area (Å²) in [6.07, 6.45) is 5.73. The minimum absolute atomic E-state index is 0.124. The lowest BCUT2D eigenvalue weighted by atomic mass is 9.76. The summed E-state index contributed by atoms with van der Waals surface area (Å²) < 4.78 is 0. The van der Waals surface area contributed by atoms with E-state index in [0.29, 0.717) is 0 Å². The van der Waals surface area contributed by atoms with E-state index in [-0.39, 0.29) is 11.3 Å². The SMILES string of the molecule is CCCC1(C(=O)Nc2cccc3cn[nH]c23)CCCNC1. The quantitative estimate of drug-likeness (QED) is 0.809. The third-order valence-corrected chi connectivity index (χ3v) is 4.41. The fourth-order valence-corrected chi connectivity index (χ4v) is 3.30. The van der Waals surface area contributed by atoms with E-state index in [2.05, 4.69) is 27.8 Å². The fraction of sp³-hybridized carbons (Fsp3) is 0.500. The van der Waals surface area contributed by atoms with E-state index < -0.39 is 0 Å². The first-order valence-corrected chi connectivity index (χ1v) is 7.69. The van der Waals surface area contributed by atoms with E-state index in [4.69, 9.17) is 0 Å². The molecule has 3 N–H and O–H groups in total. The molecule has 0 radical (unpaired) electrons. The second kappa shape index (κ2) is 5.85. The van der Waals surface area contributed by atoms with E-state index in [9.17, 15) is 4.79 Å². The predicted molar refractivity (Wildman–Crippen MR) is 84.2 cm³/mol. The van der Waals surface area contributed by atoms with Gasteiger partial charge in [-0.25, -0.2) is 0 Å². The molecule has 112 valence electrons. The van der Waals surface area contributed by atoms with E-state index in [0.717, 1.165) is 55.4 Å². The molecule has 5 heteroatoms. The van der Waals surface area contributed by atoms with Crippen molar-refractivity contribution in [1.82, 2.24) is 15.5 Å². The van der Waals surface area contributed by atoms with Crippen molar-refractivity contribution >= 4 is 22.5 Å². The van der Waals surface area contributed by atoms with Gasteiger partial charge in [0.2, 0.25) is 5.91 Å². The van der Waals surface area contributed by atoms with Crippen LogP contribution in [0.3, 0.4) is 0 Å². The summed E-state index contributed by atoms with van der Waals surface area (Å²) in [5.74, 6) is 0.124. The topological polar surface area (TPSA) is 69.8 Å². The summed E-state index contributed by atoms with van der Waals surface area (Å²) in [6.45, 7) is 3.92. The highest BCUT2D eigenvalue weighted by Crippen LogP contribution is 2.33. The Morgan fingerprint density at radius 1 is 1.48 bits per heavy atom. The molecule has 1 aliphatic rings. The van der Waals surface area contributed by atoms with Crippen molar-refractivity contribution in [3.05, 3.63) is 24.4 Å². The molecular weight excluding hydrogens is 264 g/mol. The lowest BCUT2D eigenvalue weighted by Gasteiger charge is -2.36. The number of hydrogen-bond donors (Lipinski definition) is 3. The van der Waals surface area contributed by atoms with Crippen molar-refractivity contribution < 1.29 is 4.79 Å². The number of aromatic nitrogens is 2. The molecule has 1 atom stereocenters. The number of H-pyrrole nitrogens is 1. The van der Waals surface area contributed by atoms with Gasteiger partial charge in [0.05, 0.1) is 22.8 Å². The number of para-hydroxylation sites is 1. The summed E-state index contributed by atoms with van der Waals surface area (Å²) in [6, 6.07) is 5.85. The molecule has 3 rings (SSSR count). The molecule has 21 heavy (non-hydrogen) atoms. The molecule has 1 aromatic heterocycles. The molecule has 1 amide bonds. The van der Waals surface area contributed by atoms with Gasteiger partial charge in [0.15, 0.2) is 0 Å². The summed E-state index contributed by atoms with van der Waals surface area (Å²) >= 11 is 0. The molecule has 5 nitrogen and oxygen atoms in total. The molecule has 0 saturated carbocycles. The van der Waals surface area contributed by atoms with Gasteiger partial charge in [0.1, 0.15) is 0 Å². The number of carbonyl (C=O) groups excluding carboxylic acids is 1. The third-order valence-electron chi connectivity index (χ3n) is 4.41. The number of anilines is 1. The Bertz CT molecular complexity index is 622. The van der Waals surface area contributed by atoms with E-state index in [1.54, 1.807) is 6.20 Å². The standard InChI is InChI=1S/C16H22N4O/c1-2-7-16(8-4-9-17-11-16)15(21)19-13-6-3-5-12-10-18-20-14(12)13/h3,5-6,10,17H,2,4,7-9,11H2,1H3,(H,18,20)(H,19,21). The maximum Gasteiger partial charge on any atom is 0.231 e. The lowest BCUT2D eigenvalue weighted by Crippen LogP contribution is -2.48. The summed E-state index contributed by atoms with van der Waals surface area (Å²) in [5, 5.41) is 14.5. The van der Waals surface area contributed by atoms with Gasteiger partial charge in [-0.3, -0.25) is 9.89 Å². The second-order valence-electron chi connectivity index (χ2n) is 5.90. The molecule has 1 aromatic carbocycles. The Morgan fingerprint density at radius 3 is 3.14 bits per heavy atom. The Morgan fingerprint density at radius 2 is 2.38 bits per heavy atom. The van der Waals surface area contributed by atoms with Gasteiger partial charge in [0.25, 0.3) is 0 Å². The van der Waals surface area contributed by atoms with Crippen LogP contribution in [0.1, 0.15) is 32.6 Å². The average molecular weight is 286 g/mol. The molecule has 0 aliphatic carbocycles. The minimum Gasteiger partial charge on any atom is -0.324 e. The number of piperidine rings is 1. The van der Waals surface area contributed by atoms with E-state index in [1.807, 2.05) is 18.2 Å². The molecule has 1 saturated heterocycles. The van der Waals surface area contributed by atoms with Gasteiger partial charge in [0, 0.05) is 11.9 Å². The van der Waals surface area contributed by atoms with Crippen LogP contribution < -0.4 is 10.6 Å². The van der Waals surface area contributed by atoms with Gasteiger partial charge in [-0.05, 0) is 31.9 Å². The monoisotopic (exact) mass is 286 g/mol. The smallest absolute Gasteiger partial charge is 0.231 e. The first-order valence-electron chi connectivity index (χ1n) is 7.69. The Labute approximate surface area is 124 Å². The highest BCUT2D eigenvalue weighted by atomic mass is 16.2. The number of carbonyl (C=O) groups is 1. The maximum atomic E-state index is 12.9. The van der Waals surface area contributed by atoms with E-state index in [1.165, 1.54) is 0 Å². The van der Waals surface area contributed by atoms with Crippen LogP contribution >= 0.6 is 0 Å². The van der Waals surface area contributed by atoms with Crippen molar-refractivity contribution in [2.24, 2.45) is 5.41 Å². The number of hydrogen-bond acceptors (Lipinski definition) is 3. The van der Waals surface area contributed by atoms with Gasteiger partial charge < -0.3 is 10.6 Å². The number of nitrogens with one attached hydrogen (secondary N) is 3. The zero-order valence-corrected chi connectivity index (χ0v) is 12.4. The molecule has 0 spiro atoms. The van der Waals surface area contributed by atoms with Crippen LogP contribution in [0.2, 0.25) is 0 Å². The van der Waals surface area contributed by atoms with Crippen molar-refractivity contribution in [3.63, 3.8) is 0 Å². The number of fused-ring (bicyclic) bond motifs is 1. The Kier molecular flexibility index (Phi) is 3.92. The highest BCUT2D eigenvalue weighted by Gasteiger charge is 2.38. The summed E-state index contributed by atoms with van der Waals surface area (Å²) in [4.78, 5) is 12.9. The Hall–Kier alpha value is -1.88. The van der Waals surface area contributed by atoms with E-state index >= 15 is 0 Å². The molecule has 1 fully saturated rings. The van der Waals surface area contributed by atoms with Crippen LogP contribution in [0, 0.1) is 5.41 Å². The number of benzene rings is 1. The maximum absolute atomic E-state index is 12.9. The first-order chi connectivity index (χ1) is 10.2. The van der Waals surface area contributed by atoms with Crippen LogP contribution in [-0.4, -0.2) is 29.2 Å². The predicted octanol–water partition coefficient (Wildman–Crippen LogP) is 2.67. The van der Waals surface area contributed by atoms with Crippen LogP contribution in [-0.2, 0) is 4.79 Å². The van der Waals surface area contributed by atoms with Crippen LogP contribution in [0.5, 0.6) is 0 Å². The fourth-order valence-electron chi connectivity index (χ4n) is 3.30. The van der Waals surface area contributed by atoms with Crippen molar-refractivity contribution in [2.75, 3.05) is 18.4 Å². The lowest BCUT2D eigenvalue weighted by molar-refractivity contribution is -0.127. The highest BCUT2D eigenvalue weighted by molar-refractivity contribution is 6.02. The number of nitrogens with zero attached hydrogens (tertiary/aromatic N) is 1. The normalized spacial score (nSPS) is 22.3. The minimum atomic E-state index is -0.283. The number of aromatic amines is 1. The molecule has 1 aliphatic heterocycles. The third kappa shape index (κ3) is 2.65. The summed E-state index contributed by atoms with van der Waals surface area (Å²) in [5.41, 5.74) is 1.42. The van der Waals surface area contributed by atoms with Crippen LogP contribution in [0.4, 0.5) is 5.69 Å².